The number of carbonyl (C=O) groups is 1. The second-order valence-corrected chi connectivity index (χ2v) is 11.0. The molecule has 0 spiro atoms. The van der Waals surface area contributed by atoms with E-state index < -0.39 is 0 Å². The molecule has 0 aromatic carbocycles. The van der Waals surface area contributed by atoms with Crippen molar-refractivity contribution in [1.29, 1.82) is 5.26 Å². The maximum absolute atomic E-state index is 13.3. The van der Waals surface area contributed by atoms with E-state index in [1.54, 1.807) is 17.1 Å². The lowest BCUT2D eigenvalue weighted by atomic mass is 9.49. The lowest BCUT2D eigenvalue weighted by Gasteiger charge is -2.56. The Kier molecular flexibility index (Phi) is 4.84. The van der Waals surface area contributed by atoms with Crippen molar-refractivity contribution in [3.63, 3.8) is 0 Å². The summed E-state index contributed by atoms with van der Waals surface area (Å²) >= 11 is 0. The van der Waals surface area contributed by atoms with Gasteiger partial charge in [0.25, 0.3) is 0 Å². The Hall–Kier alpha value is -1.63. The van der Waals surface area contributed by atoms with Crippen LogP contribution in [0.25, 0.3) is 0 Å². The lowest BCUT2D eigenvalue weighted by Crippen LogP contribution is -2.49. The first-order valence-corrected chi connectivity index (χ1v) is 11.9. The molecule has 8 atom stereocenters. The van der Waals surface area contributed by atoms with E-state index in [0.717, 1.165) is 41.9 Å². The summed E-state index contributed by atoms with van der Waals surface area (Å²) in [6, 6.07) is 2.10. The Morgan fingerprint density at radius 1 is 1.17 bits per heavy atom. The van der Waals surface area contributed by atoms with Crippen molar-refractivity contribution in [3.05, 3.63) is 18.0 Å². The van der Waals surface area contributed by atoms with Crippen LogP contribution < -0.4 is 0 Å². The molecule has 0 bridgehead atoms. The van der Waals surface area contributed by atoms with Gasteiger partial charge in [0.1, 0.15) is 6.07 Å². The van der Waals surface area contributed by atoms with E-state index in [4.69, 9.17) is 5.26 Å². The minimum Gasteiger partial charge on any atom is -0.297 e. The summed E-state index contributed by atoms with van der Waals surface area (Å²) in [6.45, 7) is 5.21. The van der Waals surface area contributed by atoms with E-state index in [-0.39, 0.29) is 11.3 Å². The van der Waals surface area contributed by atoms with Crippen molar-refractivity contribution >= 4 is 5.78 Å². The van der Waals surface area contributed by atoms with E-state index in [0.29, 0.717) is 17.9 Å². The number of hydrogen-bond donors (Lipinski definition) is 0. The Bertz CT molecular complexity index is 822. The maximum atomic E-state index is 13.3. The summed E-state index contributed by atoms with van der Waals surface area (Å²) in [5, 5.41) is 13.2. The first-order valence-electron chi connectivity index (χ1n) is 11.9. The Morgan fingerprint density at radius 2 is 2.00 bits per heavy atom. The first kappa shape index (κ1) is 19.3. The van der Waals surface area contributed by atoms with Gasteiger partial charge in [-0.2, -0.15) is 10.4 Å². The highest BCUT2D eigenvalue weighted by atomic mass is 16.1. The van der Waals surface area contributed by atoms with E-state index in [1.807, 2.05) is 0 Å². The number of nitriles is 1. The quantitative estimate of drug-likeness (QED) is 0.706. The summed E-state index contributed by atoms with van der Waals surface area (Å²) in [7, 11) is 0. The van der Waals surface area contributed by atoms with Crippen molar-refractivity contribution in [2.75, 3.05) is 0 Å². The number of aromatic nitrogens is 2. The second-order valence-electron chi connectivity index (χ2n) is 11.0. The fourth-order valence-electron chi connectivity index (χ4n) is 8.39. The molecule has 4 aliphatic rings. The average molecular weight is 394 g/mol. The zero-order valence-corrected chi connectivity index (χ0v) is 18.0. The molecule has 156 valence electrons. The first-order chi connectivity index (χ1) is 14.0. The van der Waals surface area contributed by atoms with Gasteiger partial charge in [0.15, 0.2) is 5.78 Å². The van der Waals surface area contributed by atoms with Crippen LogP contribution in [0, 0.1) is 58.2 Å². The molecular weight excluding hydrogens is 358 g/mol. The van der Waals surface area contributed by atoms with E-state index in [2.05, 4.69) is 25.0 Å². The molecule has 1 heterocycles. The van der Waals surface area contributed by atoms with Crippen LogP contribution in [-0.2, 0) is 11.3 Å². The van der Waals surface area contributed by atoms with Gasteiger partial charge in [-0.05, 0) is 92.3 Å². The zero-order valence-electron chi connectivity index (χ0n) is 18.0. The molecular formula is C25H35N3O. The van der Waals surface area contributed by atoms with E-state index >= 15 is 0 Å². The van der Waals surface area contributed by atoms with E-state index in [9.17, 15) is 4.79 Å². The minimum absolute atomic E-state index is 0.173. The number of ketones is 1. The molecule has 0 amide bonds. The third-order valence-corrected chi connectivity index (χ3v) is 9.69. The molecule has 0 N–H and O–H groups in total. The minimum atomic E-state index is 0.173. The van der Waals surface area contributed by atoms with Gasteiger partial charge in [-0.3, -0.25) is 9.48 Å². The van der Waals surface area contributed by atoms with E-state index in [1.165, 1.54) is 51.4 Å². The molecule has 4 heteroatoms. The van der Waals surface area contributed by atoms with Gasteiger partial charge >= 0.3 is 0 Å². The summed E-state index contributed by atoms with van der Waals surface area (Å²) in [6.07, 6.45) is 15.3. The molecule has 4 saturated carbocycles. The SMILES string of the molecule is C[C@H]1CCC2C(CCC3C2CCC2(C)C3CC[C@@H]2C(=O)Cn2cc(C#N)cn2)C1. The van der Waals surface area contributed by atoms with Gasteiger partial charge in [0.05, 0.1) is 18.3 Å². The number of Topliss-reactive ketones (excluding diaryl/α,β-unsaturated/α-hetero) is 1. The topological polar surface area (TPSA) is 58.7 Å². The van der Waals surface area contributed by atoms with Crippen molar-refractivity contribution in [1.82, 2.24) is 9.78 Å². The largest absolute Gasteiger partial charge is 0.297 e. The molecule has 4 aliphatic carbocycles. The maximum Gasteiger partial charge on any atom is 0.157 e. The molecule has 0 aliphatic heterocycles. The highest BCUT2D eigenvalue weighted by Crippen LogP contribution is 2.64. The number of rotatable bonds is 3. The van der Waals surface area contributed by atoms with Gasteiger partial charge in [-0.25, -0.2) is 0 Å². The van der Waals surface area contributed by atoms with Crippen LogP contribution in [0.2, 0.25) is 0 Å². The Labute approximate surface area is 175 Å². The van der Waals surface area contributed by atoms with Crippen LogP contribution in [-0.4, -0.2) is 15.6 Å². The molecule has 0 saturated heterocycles. The van der Waals surface area contributed by atoms with Crippen LogP contribution >= 0.6 is 0 Å². The number of fused-ring (bicyclic) bond motifs is 5. The summed E-state index contributed by atoms with van der Waals surface area (Å²) in [5.74, 6) is 5.92. The van der Waals surface area contributed by atoms with Crippen molar-refractivity contribution in [2.45, 2.75) is 78.2 Å². The predicted molar refractivity (Wildman–Crippen MR) is 112 cm³/mol. The van der Waals surface area contributed by atoms with Gasteiger partial charge in [-0.15, -0.1) is 0 Å². The Balaban J connectivity index is 1.31. The van der Waals surface area contributed by atoms with Gasteiger partial charge in [0.2, 0.25) is 0 Å². The number of carbonyl (C=O) groups excluding carboxylic acids is 1. The summed E-state index contributed by atoms with van der Waals surface area (Å²) < 4.78 is 1.66. The molecule has 0 radical (unpaired) electrons. The van der Waals surface area contributed by atoms with Crippen LogP contribution in [0.3, 0.4) is 0 Å². The molecule has 29 heavy (non-hydrogen) atoms. The van der Waals surface area contributed by atoms with Crippen LogP contribution in [0.1, 0.15) is 77.2 Å². The highest BCUT2D eigenvalue weighted by Gasteiger charge is 2.58. The highest BCUT2D eigenvalue weighted by molar-refractivity contribution is 5.82. The van der Waals surface area contributed by atoms with Gasteiger partial charge < -0.3 is 0 Å². The zero-order chi connectivity index (χ0) is 20.2. The summed E-state index contributed by atoms with van der Waals surface area (Å²) in [4.78, 5) is 13.3. The number of nitrogens with zero attached hydrogens (tertiary/aromatic N) is 3. The average Bonchev–Trinajstić information content (AvgIpc) is 3.30. The van der Waals surface area contributed by atoms with Crippen molar-refractivity contribution in [3.8, 4) is 6.07 Å². The normalized spacial score (nSPS) is 43.7. The third kappa shape index (κ3) is 3.16. The predicted octanol–water partition coefficient (Wildman–Crippen LogP) is 5.23. The molecule has 1 aromatic rings. The van der Waals surface area contributed by atoms with Crippen LogP contribution in [0.15, 0.2) is 12.4 Å². The lowest BCUT2D eigenvalue weighted by molar-refractivity contribution is -0.131. The van der Waals surface area contributed by atoms with Crippen molar-refractivity contribution < 1.29 is 4.79 Å². The second kappa shape index (κ2) is 7.25. The molecule has 1 aromatic heterocycles. The van der Waals surface area contributed by atoms with Gasteiger partial charge in [-0.1, -0.05) is 20.3 Å². The standard InChI is InChI=1S/C25H35N3O/c1-16-3-5-19-18(11-16)4-6-21-20(19)9-10-25(2)22(21)7-8-23(25)24(29)15-28-14-17(12-26)13-27-28/h13-14,16,18-23H,3-11,15H2,1-2H3/t16-,18?,19?,20?,21?,22?,23+,25?/m0/s1. The fraction of sp³-hybridized carbons (Fsp3) is 0.800. The van der Waals surface area contributed by atoms with Crippen LogP contribution in [0.4, 0.5) is 0 Å². The Morgan fingerprint density at radius 3 is 2.79 bits per heavy atom. The fourth-order valence-corrected chi connectivity index (χ4v) is 8.39. The van der Waals surface area contributed by atoms with Crippen LogP contribution in [0.5, 0.6) is 0 Å². The monoisotopic (exact) mass is 393 g/mol. The third-order valence-electron chi connectivity index (χ3n) is 9.69. The molecule has 6 unspecified atom stereocenters. The molecule has 4 nitrogen and oxygen atoms in total. The molecule has 4 fully saturated rings. The molecule has 5 rings (SSSR count). The smallest absolute Gasteiger partial charge is 0.157 e. The number of hydrogen-bond acceptors (Lipinski definition) is 3. The van der Waals surface area contributed by atoms with Gasteiger partial charge in [0, 0.05) is 12.1 Å². The van der Waals surface area contributed by atoms with Crippen molar-refractivity contribution in [2.24, 2.45) is 46.8 Å². The summed E-state index contributed by atoms with van der Waals surface area (Å²) in [5.41, 5.74) is 0.713.